The molecule has 1 aromatic heterocycles. The molecule has 0 atom stereocenters. The predicted molar refractivity (Wildman–Crippen MR) is 102 cm³/mol. The van der Waals surface area contributed by atoms with Crippen molar-refractivity contribution in [2.75, 3.05) is 0 Å². The van der Waals surface area contributed by atoms with Crippen molar-refractivity contribution in [3.63, 3.8) is 0 Å². The molecule has 3 rings (SSSR count). The third-order valence-corrected chi connectivity index (χ3v) is 4.15. The minimum absolute atomic E-state index is 0.162. The SMILES string of the molecule is Cc1ccc(CNC(=O)Cn2c(-c3ccc(F)cc3)nc(C)cc2=O)cc1. The quantitative estimate of drug-likeness (QED) is 0.756. The maximum Gasteiger partial charge on any atom is 0.254 e. The summed E-state index contributed by atoms with van der Waals surface area (Å²) in [6.45, 7) is 3.91. The van der Waals surface area contributed by atoms with Crippen molar-refractivity contribution < 1.29 is 9.18 Å². The van der Waals surface area contributed by atoms with Gasteiger partial charge in [0, 0.05) is 23.9 Å². The highest BCUT2D eigenvalue weighted by molar-refractivity contribution is 5.76. The lowest BCUT2D eigenvalue weighted by molar-refractivity contribution is -0.121. The Morgan fingerprint density at radius 3 is 2.41 bits per heavy atom. The second-order valence-electron chi connectivity index (χ2n) is 6.41. The Bertz CT molecular complexity index is 1010. The van der Waals surface area contributed by atoms with Gasteiger partial charge >= 0.3 is 0 Å². The fraction of sp³-hybridized carbons (Fsp3) is 0.190. The third kappa shape index (κ3) is 4.67. The molecule has 0 aliphatic carbocycles. The van der Waals surface area contributed by atoms with Crippen molar-refractivity contribution in [1.29, 1.82) is 0 Å². The minimum atomic E-state index is -0.379. The van der Waals surface area contributed by atoms with Crippen molar-refractivity contribution in [2.24, 2.45) is 0 Å². The summed E-state index contributed by atoms with van der Waals surface area (Å²) in [6.07, 6.45) is 0. The number of hydrogen-bond donors (Lipinski definition) is 1. The Morgan fingerprint density at radius 1 is 1.07 bits per heavy atom. The van der Waals surface area contributed by atoms with Crippen LogP contribution in [0, 0.1) is 19.7 Å². The Morgan fingerprint density at radius 2 is 1.74 bits per heavy atom. The average molecular weight is 365 g/mol. The van der Waals surface area contributed by atoms with E-state index in [9.17, 15) is 14.0 Å². The van der Waals surface area contributed by atoms with Crippen molar-refractivity contribution in [1.82, 2.24) is 14.9 Å². The zero-order valence-corrected chi connectivity index (χ0v) is 15.2. The molecule has 0 saturated carbocycles. The Labute approximate surface area is 156 Å². The summed E-state index contributed by atoms with van der Waals surface area (Å²) in [7, 11) is 0. The van der Waals surface area contributed by atoms with Crippen molar-refractivity contribution in [3.05, 3.63) is 87.6 Å². The van der Waals surface area contributed by atoms with Crippen molar-refractivity contribution in [2.45, 2.75) is 26.9 Å². The van der Waals surface area contributed by atoms with Crippen LogP contribution in [0.3, 0.4) is 0 Å². The van der Waals surface area contributed by atoms with Crippen LogP contribution in [0.15, 0.2) is 59.4 Å². The van der Waals surface area contributed by atoms with E-state index in [-0.39, 0.29) is 23.8 Å². The van der Waals surface area contributed by atoms with Gasteiger partial charge in [0.15, 0.2) is 0 Å². The van der Waals surface area contributed by atoms with Crippen LogP contribution in [0.25, 0.3) is 11.4 Å². The number of carbonyl (C=O) groups excluding carboxylic acids is 1. The second-order valence-corrected chi connectivity index (χ2v) is 6.41. The molecule has 0 unspecified atom stereocenters. The van der Waals surface area contributed by atoms with Crippen LogP contribution in [0.5, 0.6) is 0 Å². The Hall–Kier alpha value is -3.28. The molecule has 3 aromatic rings. The summed E-state index contributed by atoms with van der Waals surface area (Å²) < 4.78 is 14.5. The van der Waals surface area contributed by atoms with Gasteiger partial charge < -0.3 is 5.32 Å². The molecule has 0 aliphatic rings. The van der Waals surface area contributed by atoms with E-state index in [1.165, 1.54) is 34.9 Å². The van der Waals surface area contributed by atoms with E-state index in [0.717, 1.165) is 11.1 Å². The first kappa shape index (κ1) is 18.5. The van der Waals surface area contributed by atoms with Gasteiger partial charge in [-0.2, -0.15) is 0 Å². The summed E-state index contributed by atoms with van der Waals surface area (Å²) >= 11 is 0. The third-order valence-electron chi connectivity index (χ3n) is 4.15. The number of carbonyl (C=O) groups is 1. The predicted octanol–water partition coefficient (Wildman–Crippen LogP) is 2.98. The largest absolute Gasteiger partial charge is 0.350 e. The maximum atomic E-state index is 13.2. The van der Waals surface area contributed by atoms with Gasteiger partial charge in [0.1, 0.15) is 18.2 Å². The highest BCUT2D eigenvalue weighted by Crippen LogP contribution is 2.16. The van der Waals surface area contributed by atoms with Crippen LogP contribution >= 0.6 is 0 Å². The molecule has 2 aromatic carbocycles. The summed E-state index contributed by atoms with van der Waals surface area (Å²) in [5.74, 6) is -0.340. The van der Waals surface area contributed by atoms with Crippen LogP contribution in [0.1, 0.15) is 16.8 Å². The Balaban J connectivity index is 1.81. The van der Waals surface area contributed by atoms with E-state index < -0.39 is 0 Å². The van der Waals surface area contributed by atoms with E-state index in [1.54, 1.807) is 6.92 Å². The lowest BCUT2D eigenvalue weighted by Crippen LogP contribution is -2.33. The molecule has 1 N–H and O–H groups in total. The maximum absolute atomic E-state index is 13.2. The monoisotopic (exact) mass is 365 g/mol. The van der Waals surface area contributed by atoms with Crippen LogP contribution in [-0.4, -0.2) is 15.5 Å². The highest BCUT2D eigenvalue weighted by atomic mass is 19.1. The highest BCUT2D eigenvalue weighted by Gasteiger charge is 2.13. The summed E-state index contributed by atoms with van der Waals surface area (Å²) in [4.78, 5) is 29.2. The lowest BCUT2D eigenvalue weighted by Gasteiger charge is -2.13. The molecule has 138 valence electrons. The first-order chi connectivity index (χ1) is 12.9. The van der Waals surface area contributed by atoms with Crippen molar-refractivity contribution >= 4 is 5.91 Å². The molecule has 1 amide bonds. The van der Waals surface area contributed by atoms with Gasteiger partial charge in [0.2, 0.25) is 5.91 Å². The summed E-state index contributed by atoms with van der Waals surface area (Å²) in [5.41, 5.74) is 2.90. The molecular weight excluding hydrogens is 345 g/mol. The van der Waals surface area contributed by atoms with Gasteiger partial charge in [-0.15, -0.1) is 0 Å². The lowest BCUT2D eigenvalue weighted by atomic mass is 10.1. The zero-order valence-electron chi connectivity index (χ0n) is 15.2. The molecule has 0 fully saturated rings. The first-order valence-corrected chi connectivity index (χ1v) is 8.59. The van der Waals surface area contributed by atoms with Crippen LogP contribution < -0.4 is 10.9 Å². The molecule has 0 bridgehead atoms. The first-order valence-electron chi connectivity index (χ1n) is 8.59. The number of aryl methyl sites for hydroxylation is 2. The topological polar surface area (TPSA) is 64.0 Å². The summed E-state index contributed by atoms with van der Waals surface area (Å²) in [5, 5.41) is 2.81. The number of hydrogen-bond acceptors (Lipinski definition) is 3. The number of nitrogens with one attached hydrogen (secondary N) is 1. The fourth-order valence-electron chi connectivity index (χ4n) is 2.70. The van der Waals surface area contributed by atoms with Crippen LogP contribution in [0.2, 0.25) is 0 Å². The number of nitrogens with zero attached hydrogens (tertiary/aromatic N) is 2. The molecule has 0 spiro atoms. The van der Waals surface area contributed by atoms with E-state index in [2.05, 4.69) is 10.3 Å². The molecule has 0 aliphatic heterocycles. The zero-order chi connectivity index (χ0) is 19.4. The van der Waals surface area contributed by atoms with Gasteiger partial charge in [-0.1, -0.05) is 29.8 Å². The van der Waals surface area contributed by atoms with Crippen LogP contribution in [-0.2, 0) is 17.9 Å². The second kappa shape index (κ2) is 7.95. The molecule has 0 saturated heterocycles. The molecule has 0 radical (unpaired) electrons. The normalized spacial score (nSPS) is 10.6. The standard InChI is InChI=1S/C21H20FN3O2/c1-14-3-5-16(6-4-14)12-23-19(26)13-25-20(27)11-15(2)24-21(25)17-7-9-18(22)10-8-17/h3-11H,12-13H2,1-2H3,(H,23,26). The number of aromatic nitrogens is 2. The fourth-order valence-corrected chi connectivity index (χ4v) is 2.70. The summed E-state index contributed by atoms with van der Waals surface area (Å²) in [6, 6.07) is 14.9. The molecule has 27 heavy (non-hydrogen) atoms. The van der Waals surface area contributed by atoms with Gasteiger partial charge in [0.25, 0.3) is 5.56 Å². The van der Waals surface area contributed by atoms with E-state index in [1.807, 2.05) is 31.2 Å². The smallest absolute Gasteiger partial charge is 0.254 e. The van der Waals surface area contributed by atoms with Gasteiger partial charge in [-0.3, -0.25) is 14.2 Å². The number of halogens is 1. The Kier molecular flexibility index (Phi) is 5.45. The number of benzene rings is 2. The minimum Gasteiger partial charge on any atom is -0.350 e. The van der Waals surface area contributed by atoms with Gasteiger partial charge in [0.05, 0.1) is 0 Å². The van der Waals surface area contributed by atoms with E-state index >= 15 is 0 Å². The number of amides is 1. The van der Waals surface area contributed by atoms with Gasteiger partial charge in [-0.25, -0.2) is 9.37 Å². The molecule has 1 heterocycles. The van der Waals surface area contributed by atoms with Crippen LogP contribution in [0.4, 0.5) is 4.39 Å². The average Bonchev–Trinajstić information content (AvgIpc) is 2.64. The van der Waals surface area contributed by atoms with Gasteiger partial charge in [-0.05, 0) is 43.7 Å². The molecular formula is C21H20FN3O2. The van der Waals surface area contributed by atoms with E-state index in [4.69, 9.17) is 0 Å². The van der Waals surface area contributed by atoms with E-state index in [0.29, 0.717) is 23.6 Å². The molecule has 5 nitrogen and oxygen atoms in total. The molecule has 6 heteroatoms. The number of rotatable bonds is 5. The van der Waals surface area contributed by atoms with Crippen molar-refractivity contribution in [3.8, 4) is 11.4 Å².